The van der Waals surface area contributed by atoms with Crippen LogP contribution >= 0.6 is 11.6 Å². The second kappa shape index (κ2) is 5.47. The van der Waals surface area contributed by atoms with Gasteiger partial charge < -0.3 is 4.90 Å². The van der Waals surface area contributed by atoms with Crippen LogP contribution in [0.5, 0.6) is 0 Å². The van der Waals surface area contributed by atoms with E-state index in [1.807, 2.05) is 0 Å². The number of hydrogen-bond donors (Lipinski definition) is 0. The predicted octanol–water partition coefficient (Wildman–Crippen LogP) is 4.65. The van der Waals surface area contributed by atoms with Gasteiger partial charge in [0.05, 0.1) is 5.41 Å². The Morgan fingerprint density at radius 1 is 1.22 bits per heavy atom. The van der Waals surface area contributed by atoms with Crippen molar-refractivity contribution in [2.24, 2.45) is 23.2 Å². The van der Waals surface area contributed by atoms with Crippen molar-refractivity contribution in [2.75, 3.05) is 7.05 Å². The van der Waals surface area contributed by atoms with Crippen LogP contribution in [0.1, 0.15) is 44.1 Å². The molecule has 0 aromatic heterocycles. The molecule has 1 amide bonds. The maximum atomic E-state index is 14.0. The lowest BCUT2D eigenvalue weighted by atomic mass is 9.49. The Hall–Kier alpha value is -1.09. The summed E-state index contributed by atoms with van der Waals surface area (Å²) >= 11 is 6.12. The first-order valence-corrected chi connectivity index (χ1v) is 9.03. The summed E-state index contributed by atoms with van der Waals surface area (Å²) in [4.78, 5) is 14.9. The van der Waals surface area contributed by atoms with Gasteiger partial charge in [0.2, 0.25) is 5.91 Å². The first-order chi connectivity index (χ1) is 11.0. The highest BCUT2D eigenvalue weighted by Gasteiger charge is 2.55. The fourth-order valence-corrected chi connectivity index (χ4v) is 5.99. The summed E-state index contributed by atoms with van der Waals surface area (Å²) in [5, 5.41) is 0.398. The molecule has 0 saturated heterocycles. The van der Waals surface area contributed by atoms with Gasteiger partial charge >= 0.3 is 0 Å². The number of carbonyl (C=O) groups excluding carboxylic acids is 1. The zero-order valence-electron chi connectivity index (χ0n) is 13.5. The molecule has 0 heterocycles. The van der Waals surface area contributed by atoms with Crippen molar-refractivity contribution in [3.05, 3.63) is 34.6 Å². The summed E-state index contributed by atoms with van der Waals surface area (Å²) in [6, 6.07) is 4.69. The number of benzene rings is 1. The fourth-order valence-electron chi connectivity index (χ4n) is 5.77. The Balaban J connectivity index is 1.55. The molecule has 0 radical (unpaired) electrons. The monoisotopic (exact) mass is 335 g/mol. The number of amides is 1. The Labute approximate surface area is 142 Å². The lowest BCUT2D eigenvalue weighted by Crippen LogP contribution is -2.53. The minimum absolute atomic E-state index is 0.179. The van der Waals surface area contributed by atoms with Crippen molar-refractivity contribution in [3.8, 4) is 0 Å². The molecule has 4 heteroatoms. The van der Waals surface area contributed by atoms with Gasteiger partial charge in [-0.25, -0.2) is 4.39 Å². The Morgan fingerprint density at radius 3 is 2.30 bits per heavy atom. The molecule has 4 bridgehead atoms. The van der Waals surface area contributed by atoms with Crippen molar-refractivity contribution >= 4 is 17.5 Å². The van der Waals surface area contributed by atoms with Gasteiger partial charge in [0.15, 0.2) is 0 Å². The van der Waals surface area contributed by atoms with Gasteiger partial charge in [0.1, 0.15) is 5.82 Å². The Morgan fingerprint density at radius 2 is 1.78 bits per heavy atom. The fraction of sp³-hybridized carbons (Fsp3) is 0.632. The van der Waals surface area contributed by atoms with E-state index in [1.54, 1.807) is 24.1 Å². The second-order valence-corrected chi connectivity index (χ2v) is 8.47. The third-order valence-corrected chi connectivity index (χ3v) is 6.65. The average Bonchev–Trinajstić information content (AvgIpc) is 2.49. The van der Waals surface area contributed by atoms with E-state index in [-0.39, 0.29) is 23.7 Å². The predicted molar refractivity (Wildman–Crippen MR) is 88.5 cm³/mol. The molecule has 0 atom stereocenters. The van der Waals surface area contributed by atoms with Crippen molar-refractivity contribution in [1.29, 1.82) is 0 Å². The number of hydrogen-bond acceptors (Lipinski definition) is 1. The topological polar surface area (TPSA) is 20.3 Å². The quantitative estimate of drug-likeness (QED) is 0.787. The third-order valence-electron chi connectivity index (χ3n) is 6.30. The normalized spacial score (nSPS) is 34.7. The molecular formula is C19H23ClFNO. The molecule has 1 aromatic rings. The first-order valence-electron chi connectivity index (χ1n) is 8.65. The van der Waals surface area contributed by atoms with Crippen LogP contribution in [-0.4, -0.2) is 17.9 Å². The van der Waals surface area contributed by atoms with E-state index >= 15 is 0 Å². The highest BCUT2D eigenvalue weighted by atomic mass is 35.5. The Bertz CT molecular complexity index is 589. The summed E-state index contributed by atoms with van der Waals surface area (Å²) in [6.07, 6.45) is 7.05. The minimum Gasteiger partial charge on any atom is -0.341 e. The lowest BCUT2D eigenvalue weighted by Gasteiger charge is -2.56. The highest BCUT2D eigenvalue weighted by Crippen LogP contribution is 2.60. The maximum absolute atomic E-state index is 14.0. The van der Waals surface area contributed by atoms with Gasteiger partial charge in [-0.15, -0.1) is 0 Å². The highest BCUT2D eigenvalue weighted by molar-refractivity contribution is 6.31. The van der Waals surface area contributed by atoms with Crippen LogP contribution in [0.2, 0.25) is 5.02 Å². The van der Waals surface area contributed by atoms with Crippen LogP contribution in [0, 0.1) is 29.0 Å². The van der Waals surface area contributed by atoms with Crippen LogP contribution in [0.4, 0.5) is 4.39 Å². The van der Waals surface area contributed by atoms with Gasteiger partial charge in [0, 0.05) is 24.2 Å². The number of rotatable bonds is 3. The van der Waals surface area contributed by atoms with Gasteiger partial charge in [-0.2, -0.15) is 0 Å². The van der Waals surface area contributed by atoms with E-state index in [1.165, 1.54) is 25.3 Å². The molecule has 0 spiro atoms. The van der Waals surface area contributed by atoms with E-state index in [9.17, 15) is 9.18 Å². The number of nitrogens with zero attached hydrogens (tertiary/aromatic N) is 1. The molecule has 0 N–H and O–H groups in total. The molecule has 4 aliphatic rings. The number of halogens is 2. The van der Waals surface area contributed by atoms with E-state index in [0.29, 0.717) is 10.6 Å². The first kappa shape index (κ1) is 15.4. The van der Waals surface area contributed by atoms with Crippen molar-refractivity contribution in [2.45, 2.75) is 45.1 Å². The minimum atomic E-state index is -0.331. The molecular weight excluding hydrogens is 313 g/mol. The van der Waals surface area contributed by atoms with Crippen LogP contribution in [0.15, 0.2) is 18.2 Å². The van der Waals surface area contributed by atoms with Crippen LogP contribution in [0.25, 0.3) is 0 Å². The molecule has 4 aliphatic carbocycles. The van der Waals surface area contributed by atoms with Gasteiger partial charge in [-0.3, -0.25) is 4.79 Å². The zero-order chi connectivity index (χ0) is 16.2. The van der Waals surface area contributed by atoms with Gasteiger partial charge in [-0.05, 0) is 68.4 Å². The third kappa shape index (κ3) is 2.57. The second-order valence-electron chi connectivity index (χ2n) is 8.06. The summed E-state index contributed by atoms with van der Waals surface area (Å²) in [5.74, 6) is 2.07. The molecule has 23 heavy (non-hydrogen) atoms. The maximum Gasteiger partial charge on any atom is 0.228 e. The average molecular weight is 336 g/mol. The van der Waals surface area contributed by atoms with E-state index in [2.05, 4.69) is 0 Å². The van der Waals surface area contributed by atoms with Crippen molar-refractivity contribution < 1.29 is 9.18 Å². The molecule has 5 rings (SSSR count). The van der Waals surface area contributed by atoms with E-state index in [0.717, 1.165) is 37.0 Å². The van der Waals surface area contributed by atoms with Gasteiger partial charge in [-0.1, -0.05) is 17.7 Å². The molecule has 1 aromatic carbocycles. The molecule has 4 saturated carbocycles. The molecule has 0 unspecified atom stereocenters. The molecule has 0 aliphatic heterocycles. The standard InChI is InChI=1S/C19H23ClFNO/c1-22(11-15-16(20)3-2-4-17(15)21)18(23)19-8-12-5-13(9-19)7-14(6-12)10-19/h2-4,12-14H,5-11H2,1H3. The molecule has 124 valence electrons. The van der Waals surface area contributed by atoms with Crippen molar-refractivity contribution in [3.63, 3.8) is 0 Å². The summed E-state index contributed by atoms with van der Waals surface area (Å²) in [6.45, 7) is 0.256. The van der Waals surface area contributed by atoms with E-state index in [4.69, 9.17) is 11.6 Å². The Kier molecular flexibility index (Phi) is 3.67. The summed E-state index contributed by atoms with van der Waals surface area (Å²) < 4.78 is 14.0. The lowest BCUT2D eigenvalue weighted by molar-refractivity contribution is -0.156. The van der Waals surface area contributed by atoms with E-state index < -0.39 is 0 Å². The summed E-state index contributed by atoms with van der Waals surface area (Å²) in [5.41, 5.74) is 0.246. The van der Waals surface area contributed by atoms with Crippen molar-refractivity contribution in [1.82, 2.24) is 4.90 Å². The SMILES string of the molecule is CN(Cc1c(F)cccc1Cl)C(=O)C12CC3CC(CC(C3)C1)C2. The largest absolute Gasteiger partial charge is 0.341 e. The molecule has 4 fully saturated rings. The summed E-state index contributed by atoms with van der Waals surface area (Å²) in [7, 11) is 1.80. The van der Waals surface area contributed by atoms with Crippen LogP contribution < -0.4 is 0 Å². The van der Waals surface area contributed by atoms with Crippen LogP contribution in [0.3, 0.4) is 0 Å². The zero-order valence-corrected chi connectivity index (χ0v) is 14.3. The van der Waals surface area contributed by atoms with Crippen LogP contribution in [-0.2, 0) is 11.3 Å². The smallest absolute Gasteiger partial charge is 0.228 e. The molecule has 2 nitrogen and oxygen atoms in total. The number of carbonyl (C=O) groups is 1. The van der Waals surface area contributed by atoms with Gasteiger partial charge in [0.25, 0.3) is 0 Å².